The first-order valence-corrected chi connectivity index (χ1v) is 12.8. The van der Waals surface area contributed by atoms with E-state index in [1.807, 2.05) is 60.2 Å². The number of halogens is 2. The molecule has 1 aliphatic heterocycles. The quantitative estimate of drug-likeness (QED) is 0.152. The molecule has 10 nitrogen and oxygen atoms in total. The number of carbonyl (C=O) groups excluding carboxylic acids is 1. The van der Waals surface area contributed by atoms with Gasteiger partial charge in [-0.2, -0.15) is 0 Å². The van der Waals surface area contributed by atoms with Crippen molar-refractivity contribution in [2.75, 3.05) is 13.2 Å². The summed E-state index contributed by atoms with van der Waals surface area (Å²) in [5.41, 5.74) is 4.01. The van der Waals surface area contributed by atoms with Crippen LogP contribution < -0.4 is 4.74 Å². The molecule has 1 fully saturated rings. The van der Waals surface area contributed by atoms with Gasteiger partial charge in [0, 0.05) is 34.1 Å². The minimum Gasteiger partial charge on any atom is -0.490 e. The summed E-state index contributed by atoms with van der Waals surface area (Å²) >= 11 is 12.7. The molecular weight excluding hydrogens is 561 g/mol. The molecule has 2 unspecified atom stereocenters. The maximum absolute atomic E-state index is 11.6. The summed E-state index contributed by atoms with van der Waals surface area (Å²) in [7, 11) is 0. The molecule has 5 rings (SSSR count). The summed E-state index contributed by atoms with van der Waals surface area (Å²) in [6, 6.07) is 18.6. The molecule has 1 saturated heterocycles. The van der Waals surface area contributed by atoms with Gasteiger partial charge >= 0.3 is 0 Å². The van der Waals surface area contributed by atoms with Crippen molar-refractivity contribution >= 4 is 29.5 Å². The number of ether oxygens (including phenoxy) is 3. The Bertz CT molecular complexity index is 1480. The van der Waals surface area contributed by atoms with Gasteiger partial charge in [0.15, 0.2) is 6.29 Å². The largest absolute Gasteiger partial charge is 0.490 e. The Morgan fingerprint density at radius 2 is 1.98 bits per heavy atom. The summed E-state index contributed by atoms with van der Waals surface area (Å²) in [5, 5.41) is 14.6. The van der Waals surface area contributed by atoms with Gasteiger partial charge in [-0.25, -0.2) is 4.98 Å². The topological polar surface area (TPSA) is 126 Å². The average molecular weight is 586 g/mol. The summed E-state index contributed by atoms with van der Waals surface area (Å²) in [5.74, 6) is -0.466. The molecule has 1 N–H and O–H groups in total. The van der Waals surface area contributed by atoms with Crippen LogP contribution in [0.25, 0.3) is 11.1 Å². The first-order chi connectivity index (χ1) is 19.2. The van der Waals surface area contributed by atoms with Crippen LogP contribution in [-0.2, 0) is 21.8 Å². The highest BCUT2D eigenvalue weighted by atomic mass is 35.5. The van der Waals surface area contributed by atoms with Crippen LogP contribution in [0.15, 0.2) is 79.4 Å². The van der Waals surface area contributed by atoms with Crippen LogP contribution in [0.5, 0.6) is 5.75 Å². The Morgan fingerprint density at radius 3 is 2.67 bits per heavy atom. The lowest BCUT2D eigenvalue weighted by Gasteiger charge is -2.30. The first kappa shape index (κ1) is 29.0. The molecule has 3 aromatic carbocycles. The second-order valence-corrected chi connectivity index (χ2v) is 9.76. The van der Waals surface area contributed by atoms with Crippen LogP contribution in [0, 0.1) is 17.0 Å². The van der Waals surface area contributed by atoms with E-state index in [0.717, 1.165) is 23.0 Å². The van der Waals surface area contributed by atoms with E-state index >= 15 is 0 Å². The highest BCUT2D eigenvalue weighted by Gasteiger charge is 2.45. The smallest absolute Gasteiger partial charge is 0.291 e. The van der Waals surface area contributed by atoms with Gasteiger partial charge in [-0.3, -0.25) is 4.79 Å². The molecular formula is C28H25Cl2N3O7. The molecule has 40 heavy (non-hydrogen) atoms. The van der Waals surface area contributed by atoms with E-state index in [0.29, 0.717) is 40.1 Å². The second-order valence-electron chi connectivity index (χ2n) is 8.92. The molecule has 2 heterocycles. The van der Waals surface area contributed by atoms with E-state index in [1.165, 1.54) is 0 Å². The highest BCUT2D eigenvalue weighted by Crippen LogP contribution is 2.41. The lowest BCUT2D eigenvalue weighted by molar-refractivity contribution is -0.742. The number of nitrogens with zero attached hydrogens (tertiary/aromatic N) is 3. The molecule has 0 amide bonds. The van der Waals surface area contributed by atoms with Crippen LogP contribution in [0.2, 0.25) is 10.0 Å². The fourth-order valence-electron chi connectivity index (χ4n) is 4.38. The van der Waals surface area contributed by atoms with Crippen molar-refractivity contribution in [1.82, 2.24) is 9.55 Å². The third kappa shape index (κ3) is 6.97. The Kier molecular flexibility index (Phi) is 9.38. The number of benzene rings is 3. The van der Waals surface area contributed by atoms with Crippen molar-refractivity contribution in [2.24, 2.45) is 0 Å². The van der Waals surface area contributed by atoms with Crippen LogP contribution in [0.4, 0.5) is 0 Å². The predicted octanol–water partition coefficient (Wildman–Crippen LogP) is 5.98. The lowest BCUT2D eigenvalue weighted by atomic mass is 9.98. The lowest BCUT2D eigenvalue weighted by Crippen LogP contribution is -2.34. The van der Waals surface area contributed by atoms with E-state index < -0.39 is 10.9 Å². The van der Waals surface area contributed by atoms with Gasteiger partial charge in [0.1, 0.15) is 18.5 Å². The summed E-state index contributed by atoms with van der Waals surface area (Å²) in [4.78, 5) is 24.1. The molecule has 208 valence electrons. The van der Waals surface area contributed by atoms with Crippen molar-refractivity contribution in [2.45, 2.75) is 25.4 Å². The molecule has 0 bridgehead atoms. The average Bonchev–Trinajstić information content (AvgIpc) is 3.58. The van der Waals surface area contributed by atoms with Crippen molar-refractivity contribution < 1.29 is 29.3 Å². The molecule has 4 aromatic rings. The first-order valence-electron chi connectivity index (χ1n) is 12.0. The normalized spacial score (nSPS) is 18.0. The highest BCUT2D eigenvalue weighted by molar-refractivity contribution is 6.35. The number of aromatic nitrogens is 2. The van der Waals surface area contributed by atoms with Gasteiger partial charge in [0.05, 0.1) is 24.5 Å². The van der Waals surface area contributed by atoms with Crippen molar-refractivity contribution in [1.29, 1.82) is 0 Å². The van der Waals surface area contributed by atoms with Crippen molar-refractivity contribution in [3.63, 3.8) is 0 Å². The molecule has 0 spiro atoms. The summed E-state index contributed by atoms with van der Waals surface area (Å²) in [6.07, 6.45) is 5.73. The zero-order valence-electron chi connectivity index (χ0n) is 21.3. The molecule has 2 atom stereocenters. The van der Waals surface area contributed by atoms with Gasteiger partial charge in [-0.15, -0.1) is 10.1 Å². The van der Waals surface area contributed by atoms with Crippen LogP contribution in [-0.4, -0.2) is 45.4 Å². The van der Waals surface area contributed by atoms with E-state index in [2.05, 4.69) is 4.98 Å². The standard InChI is InChI=1S/C28H24Cl2N2O4.HNO3/c1-19-6-9-27(24(12-19)23-5-3-2-4-20(23)14-33)34-15-22-16-35-28(36-22,17-32-11-10-31-18-32)25-8-7-21(29)13-26(25)30;2-1(3)4/h2-14,18,22H,15-17H2,1H3;(H,2,3,4). The number of imidazole rings is 1. The van der Waals surface area contributed by atoms with Crippen LogP contribution in [0.3, 0.4) is 0 Å². The zero-order valence-corrected chi connectivity index (χ0v) is 22.8. The van der Waals surface area contributed by atoms with Gasteiger partial charge < -0.3 is 24.0 Å². The van der Waals surface area contributed by atoms with E-state index in [1.54, 1.807) is 30.7 Å². The second kappa shape index (κ2) is 12.9. The maximum atomic E-state index is 11.6. The van der Waals surface area contributed by atoms with Gasteiger partial charge in [-0.05, 0) is 36.8 Å². The number of aldehydes is 1. The number of carbonyl (C=O) groups is 1. The third-order valence-corrected chi connectivity index (χ3v) is 6.64. The van der Waals surface area contributed by atoms with E-state index in [4.69, 9.17) is 52.7 Å². The monoisotopic (exact) mass is 585 g/mol. The Morgan fingerprint density at radius 1 is 1.20 bits per heavy atom. The Hall–Kier alpha value is -3.96. The predicted molar refractivity (Wildman–Crippen MR) is 147 cm³/mol. The molecule has 0 radical (unpaired) electrons. The molecule has 0 aliphatic carbocycles. The SMILES string of the molecule is Cc1ccc(OCC2COC(Cn3ccnc3)(c3ccc(Cl)cc3Cl)O2)c(-c2ccccc2C=O)c1.O=[N+]([O-])O. The summed E-state index contributed by atoms with van der Waals surface area (Å²) in [6.45, 7) is 2.91. The van der Waals surface area contributed by atoms with Crippen LogP contribution >= 0.6 is 23.2 Å². The number of hydrogen-bond donors (Lipinski definition) is 1. The van der Waals surface area contributed by atoms with Crippen molar-refractivity contribution in [3.05, 3.63) is 116 Å². The molecule has 12 heteroatoms. The number of aryl methyl sites for hydroxylation is 1. The maximum Gasteiger partial charge on any atom is 0.291 e. The van der Waals surface area contributed by atoms with Gasteiger partial charge in [-0.1, -0.05) is 65.2 Å². The third-order valence-electron chi connectivity index (χ3n) is 6.09. The zero-order chi connectivity index (χ0) is 28.7. The minimum absolute atomic E-state index is 0.246. The van der Waals surface area contributed by atoms with Crippen LogP contribution in [0.1, 0.15) is 21.5 Å². The van der Waals surface area contributed by atoms with Gasteiger partial charge in [0.25, 0.3) is 5.09 Å². The van der Waals surface area contributed by atoms with Crippen molar-refractivity contribution in [3.8, 4) is 16.9 Å². The Balaban J connectivity index is 0.000000867. The Labute approximate surface area is 239 Å². The minimum atomic E-state index is -1.50. The van der Waals surface area contributed by atoms with E-state index in [-0.39, 0.29) is 12.7 Å². The fraction of sp³-hybridized carbons (Fsp3) is 0.214. The van der Waals surface area contributed by atoms with Gasteiger partial charge in [0.2, 0.25) is 5.79 Å². The van der Waals surface area contributed by atoms with E-state index in [9.17, 15) is 4.79 Å². The fourth-order valence-corrected chi connectivity index (χ4v) is 4.94. The summed E-state index contributed by atoms with van der Waals surface area (Å²) < 4.78 is 20.9. The number of hydrogen-bond acceptors (Lipinski definition) is 7. The molecule has 1 aliphatic rings. The molecule has 1 aromatic heterocycles. The molecule has 0 saturated carbocycles. The number of rotatable bonds is 8.